The van der Waals surface area contributed by atoms with Crippen molar-refractivity contribution in [2.75, 3.05) is 13.7 Å². The first-order chi connectivity index (χ1) is 14.5. The number of benzene rings is 1. The Bertz CT molecular complexity index is 827. The van der Waals surface area contributed by atoms with Crippen LogP contribution in [0, 0.1) is 11.8 Å². The Morgan fingerprint density at radius 1 is 1.30 bits per heavy atom. The van der Waals surface area contributed by atoms with E-state index in [-0.39, 0.29) is 30.4 Å². The van der Waals surface area contributed by atoms with E-state index in [4.69, 9.17) is 4.74 Å². The molecule has 2 unspecified atom stereocenters. The van der Waals surface area contributed by atoms with Crippen molar-refractivity contribution in [3.05, 3.63) is 35.9 Å². The molecule has 0 saturated carbocycles. The minimum Gasteiger partial charge on any atom is -0.394 e. The third-order valence-electron chi connectivity index (χ3n) is 6.92. The molecule has 1 aromatic carbocycles. The summed E-state index contributed by atoms with van der Waals surface area (Å²) in [6, 6.07) is 8.17. The summed E-state index contributed by atoms with van der Waals surface area (Å²) in [5, 5.41) is 15.5. The van der Waals surface area contributed by atoms with Crippen molar-refractivity contribution >= 4 is 17.7 Å². The Balaban J connectivity index is 1.67. The molecule has 1 aromatic rings. The van der Waals surface area contributed by atoms with Gasteiger partial charge in [-0.1, -0.05) is 37.3 Å². The van der Waals surface area contributed by atoms with Gasteiger partial charge in [0, 0.05) is 13.6 Å². The van der Waals surface area contributed by atoms with Gasteiger partial charge in [-0.2, -0.15) is 0 Å². The Hall–Kier alpha value is -2.45. The van der Waals surface area contributed by atoms with Crippen molar-refractivity contribution < 1.29 is 24.2 Å². The van der Waals surface area contributed by atoms with Crippen LogP contribution in [0.25, 0.3) is 0 Å². The van der Waals surface area contributed by atoms with Gasteiger partial charge in [0.25, 0.3) is 0 Å². The number of nitrogens with zero attached hydrogens (tertiary/aromatic N) is 1. The molecule has 3 aliphatic rings. The fraction of sp³-hybridized carbons (Fsp3) is 0.591. The number of aliphatic hydroxyl groups is 1. The lowest BCUT2D eigenvalue weighted by Crippen LogP contribution is -2.57. The minimum atomic E-state index is -1.03. The van der Waals surface area contributed by atoms with Crippen molar-refractivity contribution in [2.24, 2.45) is 11.8 Å². The molecule has 3 amide bonds. The van der Waals surface area contributed by atoms with Crippen molar-refractivity contribution in [2.45, 2.75) is 56.5 Å². The number of fused-ring (bicyclic) bond motifs is 1. The summed E-state index contributed by atoms with van der Waals surface area (Å²) in [6.45, 7) is 1.95. The second-order valence-corrected chi connectivity index (χ2v) is 8.36. The van der Waals surface area contributed by atoms with E-state index in [0.717, 1.165) is 5.56 Å². The predicted molar refractivity (Wildman–Crippen MR) is 108 cm³/mol. The van der Waals surface area contributed by atoms with Crippen LogP contribution in [-0.2, 0) is 25.7 Å². The average Bonchev–Trinajstić information content (AvgIpc) is 3.41. The van der Waals surface area contributed by atoms with Gasteiger partial charge >= 0.3 is 0 Å². The zero-order chi connectivity index (χ0) is 21.5. The van der Waals surface area contributed by atoms with Gasteiger partial charge in [-0.05, 0) is 24.8 Å². The van der Waals surface area contributed by atoms with E-state index in [0.29, 0.717) is 25.8 Å². The number of carbonyl (C=O) groups is 3. The second-order valence-electron chi connectivity index (χ2n) is 8.36. The normalized spacial score (nSPS) is 32.8. The SMILES string of the molecule is CC[C@@H](CO)N1C(=O)[C@@H]2[C@H](C(=O)NC)[C@@H]3CCC2(O3)C1C(=O)NCc1ccccc1. The van der Waals surface area contributed by atoms with Crippen LogP contribution in [0.2, 0.25) is 0 Å². The van der Waals surface area contributed by atoms with Gasteiger partial charge in [0.2, 0.25) is 17.7 Å². The van der Waals surface area contributed by atoms with E-state index in [1.807, 2.05) is 37.3 Å². The first-order valence-corrected chi connectivity index (χ1v) is 10.6. The molecule has 0 radical (unpaired) electrons. The maximum absolute atomic E-state index is 13.5. The number of likely N-dealkylation sites (tertiary alicyclic amines) is 1. The van der Waals surface area contributed by atoms with Crippen molar-refractivity contribution in [1.82, 2.24) is 15.5 Å². The summed E-state index contributed by atoms with van der Waals surface area (Å²) in [5.74, 6) is -2.13. The first kappa shape index (κ1) is 20.8. The average molecular weight is 415 g/mol. The van der Waals surface area contributed by atoms with E-state index in [2.05, 4.69) is 10.6 Å². The van der Waals surface area contributed by atoms with Crippen LogP contribution in [0.3, 0.4) is 0 Å². The molecule has 30 heavy (non-hydrogen) atoms. The lowest BCUT2D eigenvalue weighted by molar-refractivity contribution is -0.145. The molecule has 8 heteroatoms. The van der Waals surface area contributed by atoms with Crippen LogP contribution in [0.15, 0.2) is 30.3 Å². The molecular weight excluding hydrogens is 386 g/mol. The topological polar surface area (TPSA) is 108 Å². The van der Waals surface area contributed by atoms with Crippen LogP contribution in [0.1, 0.15) is 31.7 Å². The quantitative estimate of drug-likeness (QED) is 0.589. The van der Waals surface area contributed by atoms with E-state index in [1.165, 1.54) is 4.90 Å². The fourth-order valence-electron chi connectivity index (χ4n) is 5.55. The number of rotatable bonds is 7. The standard InChI is InChI=1S/C22H29N3O5/c1-3-14(12-26)25-18(20(28)24-11-13-7-5-4-6-8-13)22-10-9-15(30-22)16(19(27)23-2)17(22)21(25)29/h4-8,14-18,26H,3,9-12H2,1-2H3,(H,23,27)(H,24,28)/t14-,15-,16+,17-,18?,22?/m0/s1. The molecule has 3 fully saturated rings. The summed E-state index contributed by atoms with van der Waals surface area (Å²) < 4.78 is 6.28. The molecule has 0 aliphatic carbocycles. The predicted octanol–water partition coefficient (Wildman–Crippen LogP) is 0.194. The van der Waals surface area contributed by atoms with Gasteiger partial charge in [-0.15, -0.1) is 0 Å². The number of hydrogen-bond donors (Lipinski definition) is 3. The lowest BCUT2D eigenvalue weighted by atomic mass is 9.70. The van der Waals surface area contributed by atoms with Crippen molar-refractivity contribution in [3.8, 4) is 0 Å². The number of hydrogen-bond acceptors (Lipinski definition) is 5. The Kier molecular flexibility index (Phi) is 5.55. The molecule has 3 N–H and O–H groups in total. The van der Waals surface area contributed by atoms with Gasteiger partial charge in [-0.25, -0.2) is 0 Å². The largest absolute Gasteiger partial charge is 0.394 e. The van der Waals surface area contributed by atoms with Crippen LogP contribution in [-0.4, -0.2) is 65.2 Å². The summed E-state index contributed by atoms with van der Waals surface area (Å²) in [5.41, 5.74) is -0.0766. The third kappa shape index (κ3) is 3.01. The number of carbonyl (C=O) groups excluding carboxylic acids is 3. The maximum Gasteiger partial charge on any atom is 0.246 e. The zero-order valence-corrected chi connectivity index (χ0v) is 17.3. The number of amides is 3. The fourth-order valence-corrected chi connectivity index (χ4v) is 5.55. The van der Waals surface area contributed by atoms with Crippen LogP contribution < -0.4 is 10.6 Å². The van der Waals surface area contributed by atoms with E-state index < -0.39 is 29.5 Å². The summed E-state index contributed by atoms with van der Waals surface area (Å²) in [6.07, 6.45) is 1.32. The zero-order valence-electron chi connectivity index (χ0n) is 17.3. The van der Waals surface area contributed by atoms with Crippen LogP contribution in [0.4, 0.5) is 0 Å². The smallest absolute Gasteiger partial charge is 0.246 e. The first-order valence-electron chi connectivity index (χ1n) is 10.6. The van der Waals surface area contributed by atoms with E-state index in [1.54, 1.807) is 7.05 Å². The molecule has 8 nitrogen and oxygen atoms in total. The molecule has 4 rings (SSSR count). The maximum atomic E-state index is 13.5. The molecule has 6 atom stereocenters. The molecule has 162 valence electrons. The van der Waals surface area contributed by atoms with Crippen molar-refractivity contribution in [3.63, 3.8) is 0 Å². The summed E-state index contributed by atoms with van der Waals surface area (Å²) in [7, 11) is 1.55. The molecular formula is C22H29N3O5. The molecule has 2 bridgehead atoms. The number of ether oxygens (including phenoxy) is 1. The highest BCUT2D eigenvalue weighted by atomic mass is 16.5. The lowest BCUT2D eigenvalue weighted by Gasteiger charge is -2.36. The van der Waals surface area contributed by atoms with Crippen LogP contribution in [0.5, 0.6) is 0 Å². The Morgan fingerprint density at radius 3 is 2.67 bits per heavy atom. The highest BCUT2D eigenvalue weighted by Gasteiger charge is 2.74. The van der Waals surface area contributed by atoms with Gasteiger partial charge in [0.1, 0.15) is 11.6 Å². The summed E-state index contributed by atoms with van der Waals surface area (Å²) in [4.78, 5) is 41.0. The van der Waals surface area contributed by atoms with Gasteiger partial charge in [0.05, 0.1) is 30.6 Å². The molecule has 0 aromatic heterocycles. The molecule has 3 saturated heterocycles. The van der Waals surface area contributed by atoms with E-state index in [9.17, 15) is 19.5 Å². The summed E-state index contributed by atoms with van der Waals surface area (Å²) >= 11 is 0. The number of aliphatic hydroxyl groups excluding tert-OH is 1. The number of nitrogens with one attached hydrogen (secondary N) is 2. The highest BCUT2D eigenvalue weighted by Crippen LogP contribution is 2.58. The molecule has 1 spiro atoms. The Morgan fingerprint density at radius 2 is 2.03 bits per heavy atom. The van der Waals surface area contributed by atoms with E-state index >= 15 is 0 Å². The van der Waals surface area contributed by atoms with Gasteiger partial charge in [0.15, 0.2) is 0 Å². The highest BCUT2D eigenvalue weighted by molar-refractivity contribution is 5.99. The van der Waals surface area contributed by atoms with Crippen LogP contribution >= 0.6 is 0 Å². The Labute approximate surface area is 176 Å². The monoisotopic (exact) mass is 415 g/mol. The van der Waals surface area contributed by atoms with Crippen molar-refractivity contribution in [1.29, 1.82) is 0 Å². The second kappa shape index (κ2) is 8.00. The van der Waals surface area contributed by atoms with Gasteiger partial charge < -0.3 is 25.4 Å². The third-order valence-corrected chi connectivity index (χ3v) is 6.92. The molecule has 3 aliphatic heterocycles. The minimum absolute atomic E-state index is 0.234. The van der Waals surface area contributed by atoms with Gasteiger partial charge in [-0.3, -0.25) is 14.4 Å². The molecule has 3 heterocycles.